The molecule has 0 aromatic rings. The predicted octanol–water partition coefficient (Wildman–Crippen LogP) is 1.94. The quantitative estimate of drug-likeness (QED) is 0.722. The average Bonchev–Trinajstić information content (AvgIpc) is 2.72. The summed E-state index contributed by atoms with van der Waals surface area (Å²) in [6.07, 6.45) is 7.20. The molecule has 2 aliphatic rings. The molecule has 0 aromatic heterocycles. The molecule has 2 fully saturated rings. The summed E-state index contributed by atoms with van der Waals surface area (Å²) in [7, 11) is 0. The number of nitrogens with one attached hydrogen (secondary N) is 1. The van der Waals surface area contributed by atoms with Crippen molar-refractivity contribution in [1.29, 1.82) is 0 Å². The van der Waals surface area contributed by atoms with E-state index in [1.54, 1.807) is 0 Å². The lowest BCUT2D eigenvalue weighted by Crippen LogP contribution is -2.36. The van der Waals surface area contributed by atoms with Gasteiger partial charge in [0.1, 0.15) is 0 Å². The van der Waals surface area contributed by atoms with E-state index in [1.807, 2.05) is 0 Å². The van der Waals surface area contributed by atoms with E-state index in [4.69, 9.17) is 4.74 Å². The van der Waals surface area contributed by atoms with Crippen molar-refractivity contribution < 1.29 is 4.74 Å². The maximum absolute atomic E-state index is 5.59. The molecule has 2 nitrogen and oxygen atoms in total. The standard InChI is InChI=1S/C11H21NO/c1-9-4-2-6-11(9)12-8-10-5-3-7-13-10/h9-12H,2-8H2,1H3/t9-,10+,11-/m1/s1. The van der Waals surface area contributed by atoms with E-state index in [0.717, 1.165) is 25.1 Å². The first-order valence-electron chi connectivity index (χ1n) is 5.71. The molecule has 2 rings (SSSR count). The molecule has 0 spiro atoms. The maximum Gasteiger partial charge on any atom is 0.0700 e. The van der Waals surface area contributed by atoms with Gasteiger partial charge in [-0.25, -0.2) is 0 Å². The van der Waals surface area contributed by atoms with Gasteiger partial charge in [0.25, 0.3) is 0 Å². The Kier molecular flexibility index (Phi) is 3.23. The second-order valence-electron chi connectivity index (χ2n) is 4.56. The molecule has 1 aliphatic heterocycles. The second kappa shape index (κ2) is 4.43. The van der Waals surface area contributed by atoms with Gasteiger partial charge < -0.3 is 10.1 Å². The normalized spacial score (nSPS) is 39.9. The van der Waals surface area contributed by atoms with Gasteiger partial charge in [0.2, 0.25) is 0 Å². The van der Waals surface area contributed by atoms with Gasteiger partial charge in [-0.3, -0.25) is 0 Å². The summed E-state index contributed by atoms with van der Waals surface area (Å²) in [5, 5.41) is 3.65. The van der Waals surface area contributed by atoms with Crippen molar-refractivity contribution >= 4 is 0 Å². The van der Waals surface area contributed by atoms with Crippen molar-refractivity contribution in [2.75, 3.05) is 13.2 Å². The summed E-state index contributed by atoms with van der Waals surface area (Å²) in [5.74, 6) is 0.876. The van der Waals surface area contributed by atoms with Gasteiger partial charge >= 0.3 is 0 Å². The van der Waals surface area contributed by atoms with E-state index in [0.29, 0.717) is 6.10 Å². The van der Waals surface area contributed by atoms with Crippen molar-refractivity contribution in [3.8, 4) is 0 Å². The van der Waals surface area contributed by atoms with Gasteiger partial charge in [0.05, 0.1) is 6.10 Å². The molecule has 0 radical (unpaired) electrons. The number of rotatable bonds is 3. The fourth-order valence-corrected chi connectivity index (χ4v) is 2.54. The van der Waals surface area contributed by atoms with Crippen molar-refractivity contribution in [2.45, 2.75) is 51.2 Å². The highest BCUT2D eigenvalue weighted by atomic mass is 16.5. The summed E-state index contributed by atoms with van der Waals surface area (Å²) in [4.78, 5) is 0. The Morgan fingerprint density at radius 3 is 2.77 bits per heavy atom. The van der Waals surface area contributed by atoms with Crippen molar-refractivity contribution in [2.24, 2.45) is 5.92 Å². The Morgan fingerprint density at radius 2 is 2.15 bits per heavy atom. The minimum atomic E-state index is 0.507. The van der Waals surface area contributed by atoms with Crippen LogP contribution in [0.25, 0.3) is 0 Å². The summed E-state index contributed by atoms with van der Waals surface area (Å²) in [6.45, 7) is 4.42. The van der Waals surface area contributed by atoms with Crippen LogP contribution in [-0.4, -0.2) is 25.3 Å². The zero-order valence-electron chi connectivity index (χ0n) is 8.59. The molecule has 0 bridgehead atoms. The van der Waals surface area contributed by atoms with Crippen LogP contribution >= 0.6 is 0 Å². The van der Waals surface area contributed by atoms with E-state index >= 15 is 0 Å². The molecule has 76 valence electrons. The fraction of sp³-hybridized carbons (Fsp3) is 1.00. The smallest absolute Gasteiger partial charge is 0.0700 e. The number of ether oxygens (including phenoxy) is 1. The lowest BCUT2D eigenvalue weighted by atomic mass is 10.1. The van der Waals surface area contributed by atoms with Gasteiger partial charge in [-0.05, 0) is 31.6 Å². The van der Waals surface area contributed by atoms with Crippen LogP contribution in [0.5, 0.6) is 0 Å². The SMILES string of the molecule is C[C@@H]1CCC[C@H]1NC[C@@H]1CCCO1. The van der Waals surface area contributed by atoms with Crippen LogP contribution in [0.4, 0.5) is 0 Å². The molecule has 0 unspecified atom stereocenters. The predicted molar refractivity (Wildman–Crippen MR) is 53.8 cm³/mol. The van der Waals surface area contributed by atoms with Crippen LogP contribution in [0.2, 0.25) is 0 Å². The van der Waals surface area contributed by atoms with E-state index < -0.39 is 0 Å². The molecule has 3 atom stereocenters. The summed E-state index contributed by atoms with van der Waals surface area (Å²) in [5.41, 5.74) is 0. The van der Waals surface area contributed by atoms with Crippen LogP contribution in [0, 0.1) is 5.92 Å². The first-order valence-corrected chi connectivity index (χ1v) is 5.71. The van der Waals surface area contributed by atoms with E-state index in [-0.39, 0.29) is 0 Å². The van der Waals surface area contributed by atoms with Gasteiger partial charge in [0, 0.05) is 19.2 Å². The molecule has 13 heavy (non-hydrogen) atoms. The third-order valence-corrected chi connectivity index (χ3v) is 3.49. The largest absolute Gasteiger partial charge is 0.377 e. The lowest BCUT2D eigenvalue weighted by molar-refractivity contribution is 0.106. The summed E-state index contributed by atoms with van der Waals surface area (Å²) in [6, 6.07) is 0.768. The maximum atomic E-state index is 5.59. The van der Waals surface area contributed by atoms with Crippen LogP contribution in [0.15, 0.2) is 0 Å². The van der Waals surface area contributed by atoms with Crippen LogP contribution in [-0.2, 0) is 4.74 Å². The highest BCUT2D eigenvalue weighted by Crippen LogP contribution is 2.25. The minimum Gasteiger partial charge on any atom is -0.377 e. The molecule has 1 saturated heterocycles. The molecule has 1 heterocycles. The Bertz CT molecular complexity index is 154. The van der Waals surface area contributed by atoms with Crippen molar-refractivity contribution in [3.05, 3.63) is 0 Å². The van der Waals surface area contributed by atoms with Gasteiger partial charge in [0.15, 0.2) is 0 Å². The van der Waals surface area contributed by atoms with Crippen molar-refractivity contribution in [1.82, 2.24) is 5.32 Å². The van der Waals surface area contributed by atoms with Gasteiger partial charge in [-0.2, -0.15) is 0 Å². The van der Waals surface area contributed by atoms with Crippen LogP contribution < -0.4 is 5.32 Å². The number of hydrogen-bond acceptors (Lipinski definition) is 2. The first kappa shape index (κ1) is 9.47. The zero-order valence-corrected chi connectivity index (χ0v) is 8.59. The highest BCUT2D eigenvalue weighted by molar-refractivity contribution is 4.81. The zero-order chi connectivity index (χ0) is 9.10. The van der Waals surface area contributed by atoms with Gasteiger partial charge in [-0.15, -0.1) is 0 Å². The molecule has 2 heteroatoms. The topological polar surface area (TPSA) is 21.3 Å². The molecule has 1 saturated carbocycles. The van der Waals surface area contributed by atoms with Crippen molar-refractivity contribution in [3.63, 3.8) is 0 Å². The molecular formula is C11H21NO. The molecular weight excluding hydrogens is 162 g/mol. The average molecular weight is 183 g/mol. The Balaban J connectivity index is 1.66. The third-order valence-electron chi connectivity index (χ3n) is 3.49. The molecule has 0 aromatic carbocycles. The molecule has 1 aliphatic carbocycles. The van der Waals surface area contributed by atoms with Gasteiger partial charge in [-0.1, -0.05) is 13.3 Å². The Hall–Kier alpha value is -0.0800. The molecule has 0 amide bonds. The van der Waals surface area contributed by atoms with Crippen LogP contribution in [0.3, 0.4) is 0 Å². The minimum absolute atomic E-state index is 0.507. The monoisotopic (exact) mass is 183 g/mol. The highest BCUT2D eigenvalue weighted by Gasteiger charge is 2.24. The lowest BCUT2D eigenvalue weighted by Gasteiger charge is -2.19. The van der Waals surface area contributed by atoms with Crippen LogP contribution in [0.1, 0.15) is 39.0 Å². The summed E-state index contributed by atoms with van der Waals surface area (Å²) >= 11 is 0. The Labute approximate surface area is 81.0 Å². The van der Waals surface area contributed by atoms with E-state index in [9.17, 15) is 0 Å². The Morgan fingerprint density at radius 1 is 1.23 bits per heavy atom. The fourth-order valence-electron chi connectivity index (χ4n) is 2.54. The third kappa shape index (κ3) is 2.44. The van der Waals surface area contributed by atoms with E-state index in [1.165, 1.54) is 32.1 Å². The first-order chi connectivity index (χ1) is 6.36. The molecule has 1 N–H and O–H groups in total. The van der Waals surface area contributed by atoms with E-state index in [2.05, 4.69) is 12.2 Å². The summed E-state index contributed by atoms with van der Waals surface area (Å²) < 4.78 is 5.59. The second-order valence-corrected chi connectivity index (χ2v) is 4.56. The number of hydrogen-bond donors (Lipinski definition) is 1.